The molecule has 1 saturated heterocycles. The first-order valence-electron chi connectivity index (χ1n) is 9.64. The van der Waals surface area contributed by atoms with E-state index >= 15 is 0 Å². The number of ether oxygens (including phenoxy) is 1. The van der Waals surface area contributed by atoms with Crippen LogP contribution in [0, 0.1) is 11.3 Å². The number of esters is 1. The summed E-state index contributed by atoms with van der Waals surface area (Å²) < 4.78 is 5.26. The van der Waals surface area contributed by atoms with Crippen LogP contribution in [0.3, 0.4) is 0 Å². The van der Waals surface area contributed by atoms with Crippen LogP contribution in [0.25, 0.3) is 0 Å². The lowest BCUT2D eigenvalue weighted by atomic mass is 9.39. The Labute approximate surface area is 153 Å². The van der Waals surface area contributed by atoms with Gasteiger partial charge in [0.15, 0.2) is 0 Å². The number of rotatable bonds is 1. The third-order valence-corrected chi connectivity index (χ3v) is 8.24. The fraction of sp³-hybridized carbons (Fsp3) is 0.571. The Balaban J connectivity index is 1.69. The SMILES string of the molecule is COC(=O)C1CC23C=CCN4CCC5(c6ccccc6NC15CC2O)C43. The van der Waals surface area contributed by atoms with Crippen molar-refractivity contribution >= 4 is 11.7 Å². The van der Waals surface area contributed by atoms with E-state index in [1.54, 1.807) is 0 Å². The van der Waals surface area contributed by atoms with E-state index in [1.807, 2.05) is 0 Å². The first-order valence-corrected chi connectivity index (χ1v) is 9.64. The maximum atomic E-state index is 12.9. The maximum Gasteiger partial charge on any atom is 0.311 e. The Morgan fingerprint density at radius 1 is 1.35 bits per heavy atom. The minimum absolute atomic E-state index is 0.146. The lowest BCUT2D eigenvalue weighted by Crippen LogP contribution is -2.79. The first-order chi connectivity index (χ1) is 12.6. The summed E-state index contributed by atoms with van der Waals surface area (Å²) in [5, 5.41) is 15.0. The van der Waals surface area contributed by atoms with E-state index in [1.165, 1.54) is 12.7 Å². The van der Waals surface area contributed by atoms with Crippen molar-refractivity contribution in [2.75, 3.05) is 25.5 Å². The van der Waals surface area contributed by atoms with E-state index in [0.717, 1.165) is 25.2 Å². The van der Waals surface area contributed by atoms with E-state index in [4.69, 9.17) is 4.74 Å². The fourth-order valence-electron chi connectivity index (χ4n) is 7.55. The highest BCUT2D eigenvalue weighted by Crippen LogP contribution is 2.73. The van der Waals surface area contributed by atoms with Crippen molar-refractivity contribution in [3.8, 4) is 0 Å². The molecular weight excluding hydrogens is 328 g/mol. The van der Waals surface area contributed by atoms with Gasteiger partial charge in [-0.25, -0.2) is 0 Å². The molecule has 6 unspecified atom stereocenters. The third-order valence-electron chi connectivity index (χ3n) is 8.24. The Kier molecular flexibility index (Phi) is 2.65. The molecule has 4 fully saturated rings. The number of aliphatic hydroxyl groups is 1. The number of carbonyl (C=O) groups is 1. The predicted octanol–water partition coefficient (Wildman–Crippen LogP) is 1.68. The first kappa shape index (κ1) is 15.2. The lowest BCUT2D eigenvalue weighted by molar-refractivity contribution is -0.181. The largest absolute Gasteiger partial charge is 0.469 e. The molecule has 3 spiro atoms. The van der Waals surface area contributed by atoms with Crippen molar-refractivity contribution in [1.82, 2.24) is 4.90 Å². The summed E-state index contributed by atoms with van der Waals surface area (Å²) in [5.41, 5.74) is 1.48. The number of hydrogen-bond donors (Lipinski definition) is 2. The van der Waals surface area contributed by atoms with Crippen LogP contribution in [0.1, 0.15) is 24.8 Å². The molecule has 3 aliphatic heterocycles. The molecule has 136 valence electrons. The maximum absolute atomic E-state index is 12.9. The fourth-order valence-corrected chi connectivity index (χ4v) is 7.55. The summed E-state index contributed by atoms with van der Waals surface area (Å²) in [7, 11) is 1.49. The monoisotopic (exact) mass is 352 g/mol. The van der Waals surface area contributed by atoms with Gasteiger partial charge in [0, 0.05) is 29.1 Å². The van der Waals surface area contributed by atoms with Crippen LogP contribution in [-0.2, 0) is 14.9 Å². The van der Waals surface area contributed by atoms with Gasteiger partial charge in [0.2, 0.25) is 0 Å². The standard InChI is InChI=1S/C21H24N2O3/c1-26-17(25)14-11-19-7-4-9-23-10-8-20(18(19)23)13-5-2-3-6-15(13)22-21(14,20)12-16(19)24/h2-7,14,16,18,22,24H,8-12H2,1H3. The van der Waals surface area contributed by atoms with Crippen LogP contribution in [0.2, 0.25) is 0 Å². The molecule has 6 atom stereocenters. The molecule has 26 heavy (non-hydrogen) atoms. The molecule has 5 heteroatoms. The summed E-state index contributed by atoms with van der Waals surface area (Å²) in [4.78, 5) is 15.4. The highest BCUT2D eigenvalue weighted by Gasteiger charge is 2.80. The lowest BCUT2D eigenvalue weighted by Gasteiger charge is -2.69. The van der Waals surface area contributed by atoms with E-state index in [0.29, 0.717) is 12.8 Å². The molecule has 3 heterocycles. The van der Waals surface area contributed by atoms with Crippen molar-refractivity contribution in [2.24, 2.45) is 11.3 Å². The van der Waals surface area contributed by atoms with Crippen LogP contribution in [-0.4, -0.2) is 53.9 Å². The Morgan fingerprint density at radius 2 is 2.19 bits per heavy atom. The third kappa shape index (κ3) is 1.34. The molecule has 3 saturated carbocycles. The minimum Gasteiger partial charge on any atom is -0.469 e. The van der Waals surface area contributed by atoms with Gasteiger partial charge in [-0.15, -0.1) is 0 Å². The number of nitrogens with one attached hydrogen (secondary N) is 1. The number of carbonyl (C=O) groups excluding carboxylic acids is 1. The van der Waals surface area contributed by atoms with Crippen LogP contribution >= 0.6 is 0 Å². The van der Waals surface area contributed by atoms with Gasteiger partial charge < -0.3 is 15.2 Å². The number of fused-ring (bicyclic) bond motifs is 3. The van der Waals surface area contributed by atoms with Gasteiger partial charge in [0.1, 0.15) is 0 Å². The molecule has 0 amide bonds. The van der Waals surface area contributed by atoms with E-state index in [2.05, 4.69) is 46.6 Å². The molecule has 3 aliphatic carbocycles. The van der Waals surface area contributed by atoms with Crippen LogP contribution in [0.5, 0.6) is 0 Å². The highest BCUT2D eigenvalue weighted by atomic mass is 16.5. The summed E-state index contributed by atoms with van der Waals surface area (Å²) in [6.45, 7) is 1.94. The molecular formula is C21H24N2O3. The molecule has 6 aliphatic rings. The van der Waals surface area contributed by atoms with E-state index in [-0.39, 0.29) is 28.8 Å². The Morgan fingerprint density at radius 3 is 3.04 bits per heavy atom. The van der Waals surface area contributed by atoms with Gasteiger partial charge >= 0.3 is 5.97 Å². The summed E-state index contributed by atoms with van der Waals surface area (Å²) in [6.07, 6.45) is 6.24. The number of para-hydroxylation sites is 1. The van der Waals surface area contributed by atoms with Crippen LogP contribution < -0.4 is 5.32 Å². The van der Waals surface area contributed by atoms with Crippen LogP contribution in [0.4, 0.5) is 5.69 Å². The van der Waals surface area contributed by atoms with Crippen molar-refractivity contribution in [1.29, 1.82) is 0 Å². The normalized spacial score (nSPS) is 47.1. The molecule has 1 aromatic rings. The molecule has 0 aromatic heterocycles. The van der Waals surface area contributed by atoms with Crippen LogP contribution in [0.15, 0.2) is 36.4 Å². The van der Waals surface area contributed by atoms with Crippen molar-refractivity contribution in [2.45, 2.75) is 42.4 Å². The van der Waals surface area contributed by atoms with Gasteiger partial charge in [0.25, 0.3) is 0 Å². The molecule has 2 bridgehead atoms. The van der Waals surface area contributed by atoms with Gasteiger partial charge in [-0.05, 0) is 37.4 Å². The quantitative estimate of drug-likeness (QED) is 0.595. The summed E-state index contributed by atoms with van der Waals surface area (Å²) in [6, 6.07) is 8.75. The molecule has 2 N–H and O–H groups in total. The number of aliphatic hydroxyl groups excluding tert-OH is 1. The smallest absolute Gasteiger partial charge is 0.311 e. The number of anilines is 1. The van der Waals surface area contributed by atoms with Gasteiger partial charge in [-0.3, -0.25) is 9.69 Å². The van der Waals surface area contributed by atoms with E-state index < -0.39 is 11.6 Å². The minimum atomic E-state index is -0.463. The van der Waals surface area contributed by atoms with E-state index in [9.17, 15) is 9.90 Å². The molecule has 1 aromatic carbocycles. The van der Waals surface area contributed by atoms with Crippen molar-refractivity contribution < 1.29 is 14.6 Å². The zero-order valence-corrected chi connectivity index (χ0v) is 14.9. The van der Waals surface area contributed by atoms with Gasteiger partial charge in [-0.1, -0.05) is 30.4 Å². The predicted molar refractivity (Wildman–Crippen MR) is 96.8 cm³/mol. The number of nitrogens with zero attached hydrogens (tertiary/aromatic N) is 1. The second kappa shape index (κ2) is 4.52. The zero-order valence-electron chi connectivity index (χ0n) is 14.9. The second-order valence-corrected chi connectivity index (χ2v) is 8.78. The average molecular weight is 352 g/mol. The average Bonchev–Trinajstić information content (AvgIpc) is 3.19. The molecule has 7 rings (SSSR count). The Hall–Kier alpha value is -1.85. The Bertz CT molecular complexity index is 853. The summed E-state index contributed by atoms with van der Waals surface area (Å²) in [5.74, 6) is -0.394. The zero-order chi connectivity index (χ0) is 17.7. The van der Waals surface area contributed by atoms with Crippen molar-refractivity contribution in [3.63, 3.8) is 0 Å². The molecule has 5 nitrogen and oxygen atoms in total. The van der Waals surface area contributed by atoms with Gasteiger partial charge in [-0.2, -0.15) is 0 Å². The van der Waals surface area contributed by atoms with Crippen molar-refractivity contribution in [3.05, 3.63) is 42.0 Å². The highest BCUT2D eigenvalue weighted by molar-refractivity contribution is 5.81. The second-order valence-electron chi connectivity index (χ2n) is 8.78. The van der Waals surface area contributed by atoms with Gasteiger partial charge in [0.05, 0.1) is 24.7 Å². The summed E-state index contributed by atoms with van der Waals surface area (Å²) >= 11 is 0. The molecule has 0 radical (unpaired) electrons. The number of benzene rings is 1. The topological polar surface area (TPSA) is 61.8 Å². The number of methoxy groups -OCH3 is 1. The number of hydrogen-bond acceptors (Lipinski definition) is 5.